The van der Waals surface area contributed by atoms with Crippen molar-refractivity contribution in [1.82, 2.24) is 15.2 Å². The first-order chi connectivity index (χ1) is 5.71. The van der Waals surface area contributed by atoms with Gasteiger partial charge in [-0.25, -0.2) is 0 Å². The van der Waals surface area contributed by atoms with Crippen LogP contribution in [0.2, 0.25) is 0 Å². The van der Waals surface area contributed by atoms with Gasteiger partial charge in [-0.15, -0.1) is 0 Å². The van der Waals surface area contributed by atoms with Crippen molar-refractivity contribution >= 4 is 0 Å². The predicted octanol–water partition coefficient (Wildman–Crippen LogP) is -1.52. The summed E-state index contributed by atoms with van der Waals surface area (Å²) in [6, 6.07) is 0. The summed E-state index contributed by atoms with van der Waals surface area (Å²) in [4.78, 5) is 2.18. The Hall–Kier alpha value is -0.683. The second-order valence-corrected chi connectivity index (χ2v) is 1.95. The number of hydrogen-bond donors (Lipinski definition) is 0. The second-order valence-electron chi connectivity index (χ2n) is 1.95. The van der Waals surface area contributed by atoms with E-state index in [-0.39, 0.29) is 18.9 Å². The first-order valence-electron chi connectivity index (χ1n) is 2.73. The zero-order chi connectivity index (χ0) is 10.3. The van der Waals surface area contributed by atoms with E-state index in [4.69, 9.17) is 0 Å². The van der Waals surface area contributed by atoms with E-state index in [1.54, 1.807) is 0 Å². The molecule has 0 spiro atoms. The van der Waals surface area contributed by atoms with Crippen LogP contribution in [0.5, 0.6) is 0 Å². The third-order valence-corrected chi connectivity index (χ3v) is 0.958. The van der Waals surface area contributed by atoms with Gasteiger partial charge in [0.25, 0.3) is 0 Å². The molecular weight excluding hydrogens is 211 g/mol. The SMILES string of the molecule is FC(F)(F)c1nnc(C(F)(F)F)[n-]1.[Li+]. The largest absolute Gasteiger partial charge is 1.00 e. The monoisotopic (exact) mass is 211 g/mol. The van der Waals surface area contributed by atoms with Gasteiger partial charge in [0.1, 0.15) is 0 Å². The Morgan fingerprint density at radius 1 is 0.786 bits per heavy atom. The standard InChI is InChI=1S/C4F6N3.Li/c5-3(6,7)1-11-2(13-12-1)4(8,9)10;/q-1;+1. The van der Waals surface area contributed by atoms with E-state index in [1.807, 2.05) is 0 Å². The number of aromatic nitrogens is 3. The number of halogens is 6. The van der Waals surface area contributed by atoms with E-state index in [1.165, 1.54) is 0 Å². The average Bonchev–Trinajstić information content (AvgIpc) is 2.28. The molecule has 0 unspecified atom stereocenters. The Morgan fingerprint density at radius 2 is 1.07 bits per heavy atom. The van der Waals surface area contributed by atoms with Crippen LogP contribution in [-0.2, 0) is 12.4 Å². The van der Waals surface area contributed by atoms with Crippen LogP contribution in [0.25, 0.3) is 0 Å². The first-order valence-corrected chi connectivity index (χ1v) is 2.73. The topological polar surface area (TPSA) is 39.9 Å². The predicted molar refractivity (Wildman–Crippen MR) is 25.4 cm³/mol. The molecular formula is C4F6LiN3. The second kappa shape index (κ2) is 3.82. The zero-order valence-electron chi connectivity index (χ0n) is 6.61. The van der Waals surface area contributed by atoms with Crippen molar-refractivity contribution in [3.63, 3.8) is 0 Å². The minimum absolute atomic E-state index is 0. The molecule has 0 aliphatic carbocycles. The number of rotatable bonds is 0. The summed E-state index contributed by atoms with van der Waals surface area (Å²) in [5, 5.41) is 4.50. The van der Waals surface area contributed by atoms with E-state index >= 15 is 0 Å². The van der Waals surface area contributed by atoms with E-state index in [2.05, 4.69) is 15.2 Å². The fourth-order valence-corrected chi connectivity index (χ4v) is 0.480. The third-order valence-electron chi connectivity index (χ3n) is 0.958. The number of hydrogen-bond acceptors (Lipinski definition) is 2. The molecule has 0 radical (unpaired) electrons. The number of alkyl halides is 6. The van der Waals surface area contributed by atoms with Gasteiger partial charge in [0.2, 0.25) is 0 Å². The Kier molecular flexibility index (Phi) is 3.64. The van der Waals surface area contributed by atoms with Crippen molar-refractivity contribution in [2.45, 2.75) is 12.4 Å². The molecule has 0 saturated carbocycles. The quantitative estimate of drug-likeness (QED) is 0.386. The molecule has 10 heteroatoms. The van der Waals surface area contributed by atoms with E-state index < -0.39 is 24.0 Å². The Balaban J connectivity index is 0.00000169. The molecule has 0 fully saturated rings. The molecule has 0 saturated heterocycles. The smallest absolute Gasteiger partial charge is 0.351 e. The number of nitrogens with zero attached hydrogens (tertiary/aromatic N) is 3. The minimum Gasteiger partial charge on any atom is -0.351 e. The van der Waals surface area contributed by atoms with Crippen LogP contribution in [0.1, 0.15) is 11.6 Å². The van der Waals surface area contributed by atoms with Crippen LogP contribution in [0.4, 0.5) is 26.3 Å². The van der Waals surface area contributed by atoms with Gasteiger partial charge in [0.15, 0.2) is 0 Å². The van der Waals surface area contributed by atoms with Gasteiger partial charge in [-0.3, -0.25) is 0 Å². The summed E-state index contributed by atoms with van der Waals surface area (Å²) < 4.78 is 69.9. The van der Waals surface area contributed by atoms with Crippen LogP contribution >= 0.6 is 0 Å². The van der Waals surface area contributed by atoms with Crippen molar-refractivity contribution in [3.05, 3.63) is 11.6 Å². The first kappa shape index (κ1) is 13.3. The summed E-state index contributed by atoms with van der Waals surface area (Å²) in [6.07, 6.45) is -10.0. The van der Waals surface area contributed by atoms with Crippen LogP contribution in [0.15, 0.2) is 0 Å². The maximum Gasteiger partial charge on any atom is 1.00 e. The van der Waals surface area contributed by atoms with Crippen LogP contribution in [0, 0.1) is 0 Å². The molecule has 1 heterocycles. The van der Waals surface area contributed by atoms with Gasteiger partial charge in [-0.2, -0.15) is 26.3 Å². The molecule has 1 aromatic heterocycles. The van der Waals surface area contributed by atoms with Gasteiger partial charge in [0, 0.05) is 0 Å². The van der Waals surface area contributed by atoms with E-state index in [0.29, 0.717) is 0 Å². The molecule has 0 aliphatic rings. The van der Waals surface area contributed by atoms with Gasteiger partial charge in [-0.1, -0.05) is 0 Å². The molecule has 74 valence electrons. The van der Waals surface area contributed by atoms with Gasteiger partial charge in [-0.05, 0) is 0 Å². The van der Waals surface area contributed by atoms with Crippen molar-refractivity contribution < 1.29 is 45.2 Å². The zero-order valence-corrected chi connectivity index (χ0v) is 6.61. The fourth-order valence-electron chi connectivity index (χ4n) is 0.480. The molecule has 0 aliphatic heterocycles. The maximum atomic E-state index is 11.7. The molecule has 3 nitrogen and oxygen atoms in total. The molecule has 14 heavy (non-hydrogen) atoms. The molecule has 1 rings (SSSR count). The summed E-state index contributed by atoms with van der Waals surface area (Å²) in [5.74, 6) is -3.78. The average molecular weight is 211 g/mol. The minimum atomic E-state index is -5.00. The molecule has 0 bridgehead atoms. The van der Waals surface area contributed by atoms with Gasteiger partial charge < -0.3 is 15.2 Å². The summed E-state index contributed by atoms with van der Waals surface area (Å²) in [7, 11) is 0. The van der Waals surface area contributed by atoms with Crippen molar-refractivity contribution in [2.75, 3.05) is 0 Å². The van der Waals surface area contributed by atoms with Gasteiger partial charge >= 0.3 is 31.2 Å². The summed E-state index contributed by atoms with van der Waals surface area (Å²) >= 11 is 0. The summed E-state index contributed by atoms with van der Waals surface area (Å²) in [5.41, 5.74) is 0. The van der Waals surface area contributed by atoms with E-state index in [9.17, 15) is 26.3 Å². The van der Waals surface area contributed by atoms with Crippen LogP contribution < -0.4 is 23.8 Å². The third kappa shape index (κ3) is 2.92. The molecule has 0 atom stereocenters. The van der Waals surface area contributed by atoms with Crippen molar-refractivity contribution in [1.29, 1.82) is 0 Å². The fraction of sp³-hybridized carbons (Fsp3) is 0.500. The summed E-state index contributed by atoms with van der Waals surface area (Å²) in [6.45, 7) is 0. The molecule has 0 amide bonds. The van der Waals surface area contributed by atoms with Gasteiger partial charge in [0.05, 0.1) is 11.6 Å². The molecule has 0 N–H and O–H groups in total. The molecule has 0 aromatic carbocycles. The van der Waals surface area contributed by atoms with Crippen molar-refractivity contribution in [3.8, 4) is 0 Å². The van der Waals surface area contributed by atoms with E-state index in [0.717, 1.165) is 0 Å². The Bertz CT molecular complexity index is 272. The Labute approximate surface area is 85.1 Å². The molecule has 1 aromatic rings. The maximum absolute atomic E-state index is 11.7. The van der Waals surface area contributed by atoms with Crippen LogP contribution in [0.3, 0.4) is 0 Å². The Morgan fingerprint density at radius 3 is 1.21 bits per heavy atom. The van der Waals surface area contributed by atoms with Crippen molar-refractivity contribution in [2.24, 2.45) is 0 Å². The normalized spacial score (nSPS) is 12.4. The van der Waals surface area contributed by atoms with Crippen LogP contribution in [-0.4, -0.2) is 10.2 Å².